The maximum absolute atomic E-state index is 12.8. The van der Waals surface area contributed by atoms with E-state index in [0.717, 1.165) is 22.9 Å². The van der Waals surface area contributed by atoms with Crippen LogP contribution in [0.15, 0.2) is 58.2 Å². The monoisotopic (exact) mass is 328 g/mol. The number of Topliss-reactive ketones (excluding diaryl/α,β-unsaturated/α-hetero) is 1. The molecular formula is C17H13FN2O2S. The van der Waals surface area contributed by atoms with Gasteiger partial charge >= 0.3 is 0 Å². The predicted octanol–water partition coefficient (Wildman–Crippen LogP) is 4.16. The lowest BCUT2D eigenvalue weighted by molar-refractivity contribution is 0.102. The zero-order valence-corrected chi connectivity index (χ0v) is 13.1. The molecule has 116 valence electrons. The second-order valence-electron chi connectivity index (χ2n) is 4.96. The Labute approximate surface area is 136 Å². The van der Waals surface area contributed by atoms with Gasteiger partial charge in [0.15, 0.2) is 5.78 Å². The van der Waals surface area contributed by atoms with Crippen LogP contribution in [0, 0.1) is 12.7 Å². The molecule has 0 radical (unpaired) electrons. The average molecular weight is 328 g/mol. The van der Waals surface area contributed by atoms with Gasteiger partial charge in [-0.25, -0.2) is 4.39 Å². The van der Waals surface area contributed by atoms with E-state index < -0.39 is 0 Å². The molecule has 0 N–H and O–H groups in total. The Morgan fingerprint density at radius 3 is 2.70 bits per heavy atom. The number of benzene rings is 2. The molecule has 23 heavy (non-hydrogen) atoms. The molecule has 0 aliphatic heterocycles. The maximum atomic E-state index is 12.8. The first kappa shape index (κ1) is 15.4. The third-order valence-corrected chi connectivity index (χ3v) is 3.98. The van der Waals surface area contributed by atoms with Gasteiger partial charge in [0.05, 0.1) is 5.75 Å². The molecule has 0 aliphatic rings. The summed E-state index contributed by atoms with van der Waals surface area (Å²) in [5.74, 6) is 0.0887. The Bertz CT molecular complexity index is 831. The van der Waals surface area contributed by atoms with E-state index in [0.29, 0.717) is 16.7 Å². The Morgan fingerprint density at radius 1 is 1.17 bits per heavy atom. The Hall–Kier alpha value is -2.47. The molecule has 0 unspecified atom stereocenters. The predicted molar refractivity (Wildman–Crippen MR) is 85.9 cm³/mol. The van der Waals surface area contributed by atoms with E-state index in [9.17, 15) is 9.18 Å². The molecule has 0 amide bonds. The molecule has 1 aromatic heterocycles. The highest BCUT2D eigenvalue weighted by Crippen LogP contribution is 2.24. The van der Waals surface area contributed by atoms with Crippen molar-refractivity contribution in [3.05, 3.63) is 65.5 Å². The van der Waals surface area contributed by atoms with Gasteiger partial charge in [0, 0.05) is 11.1 Å². The zero-order chi connectivity index (χ0) is 16.2. The molecule has 0 atom stereocenters. The van der Waals surface area contributed by atoms with E-state index in [1.165, 1.54) is 24.3 Å². The highest BCUT2D eigenvalue weighted by atomic mass is 32.2. The standard InChI is InChI=1S/C17H13FN2O2S/c1-11-3-2-4-13(9-11)16-19-20-17(22-16)23-10-15(21)12-5-7-14(18)8-6-12/h2-9H,10H2,1H3. The van der Waals surface area contributed by atoms with Crippen molar-refractivity contribution in [3.63, 3.8) is 0 Å². The Kier molecular flexibility index (Phi) is 4.52. The van der Waals surface area contributed by atoms with E-state index in [4.69, 9.17) is 4.42 Å². The quantitative estimate of drug-likeness (QED) is 0.520. The minimum Gasteiger partial charge on any atom is -0.411 e. The van der Waals surface area contributed by atoms with Gasteiger partial charge < -0.3 is 4.42 Å². The van der Waals surface area contributed by atoms with Gasteiger partial charge in [0.1, 0.15) is 5.82 Å². The molecule has 0 saturated heterocycles. The van der Waals surface area contributed by atoms with Gasteiger partial charge in [0.2, 0.25) is 5.89 Å². The van der Waals surface area contributed by atoms with Crippen molar-refractivity contribution < 1.29 is 13.6 Å². The van der Waals surface area contributed by atoms with Gasteiger partial charge in [-0.05, 0) is 43.3 Å². The third kappa shape index (κ3) is 3.84. The van der Waals surface area contributed by atoms with Crippen LogP contribution in [0.1, 0.15) is 15.9 Å². The lowest BCUT2D eigenvalue weighted by Gasteiger charge is -1.98. The maximum Gasteiger partial charge on any atom is 0.277 e. The van der Waals surface area contributed by atoms with Crippen molar-refractivity contribution in [2.24, 2.45) is 0 Å². The van der Waals surface area contributed by atoms with Gasteiger partial charge in [-0.15, -0.1) is 10.2 Å². The first-order chi connectivity index (χ1) is 11.1. The minimum atomic E-state index is -0.367. The summed E-state index contributed by atoms with van der Waals surface area (Å²) in [5.41, 5.74) is 2.40. The fourth-order valence-electron chi connectivity index (χ4n) is 2.01. The van der Waals surface area contributed by atoms with E-state index in [2.05, 4.69) is 10.2 Å². The van der Waals surface area contributed by atoms with Crippen molar-refractivity contribution in [1.82, 2.24) is 10.2 Å². The zero-order valence-electron chi connectivity index (χ0n) is 12.3. The molecule has 4 nitrogen and oxygen atoms in total. The summed E-state index contributed by atoms with van der Waals surface area (Å²) in [4.78, 5) is 12.0. The fourth-order valence-corrected chi connectivity index (χ4v) is 2.67. The summed E-state index contributed by atoms with van der Waals surface area (Å²) in [6.07, 6.45) is 0. The van der Waals surface area contributed by atoms with E-state index in [-0.39, 0.29) is 17.4 Å². The third-order valence-electron chi connectivity index (χ3n) is 3.16. The first-order valence-corrected chi connectivity index (χ1v) is 7.92. The second kappa shape index (κ2) is 6.75. The number of aromatic nitrogens is 2. The van der Waals surface area contributed by atoms with Crippen LogP contribution in [0.3, 0.4) is 0 Å². The molecular weight excluding hydrogens is 315 g/mol. The molecule has 3 aromatic rings. The average Bonchev–Trinajstić information content (AvgIpc) is 3.02. The minimum absolute atomic E-state index is 0.120. The lowest BCUT2D eigenvalue weighted by Crippen LogP contribution is -2.02. The van der Waals surface area contributed by atoms with Gasteiger partial charge in [-0.2, -0.15) is 0 Å². The van der Waals surface area contributed by atoms with Crippen LogP contribution < -0.4 is 0 Å². The summed E-state index contributed by atoms with van der Waals surface area (Å²) >= 11 is 1.16. The molecule has 3 rings (SSSR count). The molecule has 0 saturated carbocycles. The van der Waals surface area contributed by atoms with Crippen LogP contribution in [0.4, 0.5) is 4.39 Å². The van der Waals surface area contributed by atoms with Crippen LogP contribution in [0.5, 0.6) is 0 Å². The van der Waals surface area contributed by atoms with Crippen LogP contribution in [0.2, 0.25) is 0 Å². The molecule has 0 fully saturated rings. The van der Waals surface area contributed by atoms with Crippen LogP contribution in [-0.4, -0.2) is 21.7 Å². The number of ketones is 1. The number of rotatable bonds is 5. The van der Waals surface area contributed by atoms with Crippen molar-refractivity contribution in [3.8, 4) is 11.5 Å². The summed E-state index contributed by atoms with van der Waals surface area (Å²) in [6.45, 7) is 1.98. The number of nitrogens with zero attached hydrogens (tertiary/aromatic N) is 2. The lowest BCUT2D eigenvalue weighted by atomic mass is 10.1. The topological polar surface area (TPSA) is 56.0 Å². The van der Waals surface area contributed by atoms with Gasteiger partial charge in [-0.3, -0.25) is 4.79 Å². The largest absolute Gasteiger partial charge is 0.411 e. The molecule has 1 heterocycles. The summed E-state index contributed by atoms with van der Waals surface area (Å²) < 4.78 is 18.4. The van der Waals surface area contributed by atoms with Gasteiger partial charge in [-0.1, -0.05) is 29.5 Å². The Morgan fingerprint density at radius 2 is 1.96 bits per heavy atom. The number of hydrogen-bond acceptors (Lipinski definition) is 5. The van der Waals surface area contributed by atoms with Crippen LogP contribution in [-0.2, 0) is 0 Å². The smallest absolute Gasteiger partial charge is 0.277 e. The van der Waals surface area contributed by atoms with Crippen molar-refractivity contribution in [2.45, 2.75) is 12.1 Å². The van der Waals surface area contributed by atoms with Crippen LogP contribution >= 0.6 is 11.8 Å². The molecule has 0 aliphatic carbocycles. The second-order valence-corrected chi connectivity index (χ2v) is 5.89. The number of carbonyl (C=O) groups excluding carboxylic acids is 1. The molecule has 6 heteroatoms. The number of thioether (sulfide) groups is 1. The number of carbonyl (C=O) groups is 1. The van der Waals surface area contributed by atoms with Crippen molar-refractivity contribution >= 4 is 17.5 Å². The molecule has 0 bridgehead atoms. The van der Waals surface area contributed by atoms with E-state index in [1.807, 2.05) is 31.2 Å². The molecule has 2 aromatic carbocycles. The van der Waals surface area contributed by atoms with Crippen molar-refractivity contribution in [2.75, 3.05) is 5.75 Å². The number of halogens is 1. The molecule has 0 spiro atoms. The fraction of sp³-hybridized carbons (Fsp3) is 0.118. The SMILES string of the molecule is Cc1cccc(-c2nnc(SCC(=O)c3ccc(F)cc3)o2)c1. The summed E-state index contributed by atoms with van der Waals surface area (Å²) in [5, 5.41) is 8.26. The van der Waals surface area contributed by atoms with Crippen LogP contribution in [0.25, 0.3) is 11.5 Å². The normalized spacial score (nSPS) is 10.7. The summed E-state index contributed by atoms with van der Waals surface area (Å²) in [7, 11) is 0. The van der Waals surface area contributed by atoms with Crippen molar-refractivity contribution in [1.29, 1.82) is 0 Å². The Balaban J connectivity index is 1.65. The first-order valence-electron chi connectivity index (χ1n) is 6.94. The number of aryl methyl sites for hydroxylation is 1. The summed E-state index contributed by atoms with van der Waals surface area (Å²) in [6, 6.07) is 13.2. The van der Waals surface area contributed by atoms with Gasteiger partial charge in [0.25, 0.3) is 5.22 Å². The van der Waals surface area contributed by atoms with E-state index in [1.54, 1.807) is 0 Å². The van der Waals surface area contributed by atoms with E-state index >= 15 is 0 Å². The highest BCUT2D eigenvalue weighted by Gasteiger charge is 2.12. The highest BCUT2D eigenvalue weighted by molar-refractivity contribution is 7.99. The number of hydrogen-bond donors (Lipinski definition) is 0.